The van der Waals surface area contributed by atoms with Crippen molar-refractivity contribution >= 4 is 17.3 Å². The van der Waals surface area contributed by atoms with Crippen LogP contribution in [0.4, 0.5) is 0 Å². The molecule has 0 amide bonds. The zero-order chi connectivity index (χ0) is 16.9. The van der Waals surface area contributed by atoms with Gasteiger partial charge in [0.05, 0.1) is 19.3 Å². The van der Waals surface area contributed by atoms with E-state index >= 15 is 0 Å². The molecule has 3 rings (SSSR count). The summed E-state index contributed by atoms with van der Waals surface area (Å²) in [6.45, 7) is 2.85. The van der Waals surface area contributed by atoms with Crippen molar-refractivity contribution in [1.29, 1.82) is 0 Å². The van der Waals surface area contributed by atoms with Gasteiger partial charge < -0.3 is 13.9 Å². The predicted octanol–water partition coefficient (Wildman–Crippen LogP) is 5.10. The number of hydrogen-bond acceptors (Lipinski definition) is 4. The van der Waals surface area contributed by atoms with Crippen molar-refractivity contribution in [2.75, 3.05) is 13.7 Å². The maximum atomic E-state index is 10.9. The van der Waals surface area contributed by atoms with E-state index in [1.54, 1.807) is 19.2 Å². The Bertz CT molecular complexity index is 848. The van der Waals surface area contributed by atoms with Crippen LogP contribution in [0.3, 0.4) is 0 Å². The molecule has 0 N–H and O–H groups in total. The molecule has 3 aromatic rings. The number of carbonyl (C=O) groups is 1. The molecular weight excluding hydrogens is 304 g/mol. The number of hydrogen-bond donors (Lipinski definition) is 0. The zero-order valence-electron chi connectivity index (χ0n) is 13.9. The van der Waals surface area contributed by atoms with Gasteiger partial charge in [-0.15, -0.1) is 0 Å². The van der Waals surface area contributed by atoms with Crippen molar-refractivity contribution in [2.24, 2.45) is 0 Å². The molecule has 0 unspecified atom stereocenters. The first-order valence-electron chi connectivity index (χ1n) is 8.05. The Labute approximate surface area is 141 Å². The van der Waals surface area contributed by atoms with Gasteiger partial charge in [-0.05, 0) is 42.8 Å². The van der Waals surface area contributed by atoms with Crippen LogP contribution in [0.5, 0.6) is 11.5 Å². The summed E-state index contributed by atoms with van der Waals surface area (Å²) >= 11 is 0. The van der Waals surface area contributed by atoms with Gasteiger partial charge in [0.2, 0.25) is 0 Å². The lowest BCUT2D eigenvalue weighted by molar-refractivity contribution is 0.112. The minimum atomic E-state index is 0.568. The Morgan fingerprint density at radius 1 is 1.12 bits per heavy atom. The molecule has 0 radical (unpaired) electrons. The molecule has 24 heavy (non-hydrogen) atoms. The third kappa shape index (κ3) is 3.27. The number of ether oxygens (including phenoxy) is 2. The summed E-state index contributed by atoms with van der Waals surface area (Å²) < 4.78 is 17.1. The van der Waals surface area contributed by atoms with Gasteiger partial charge in [-0.3, -0.25) is 4.79 Å². The highest BCUT2D eigenvalue weighted by atomic mass is 16.5. The van der Waals surface area contributed by atoms with E-state index in [0.29, 0.717) is 23.7 Å². The second-order valence-electron chi connectivity index (χ2n) is 5.59. The van der Waals surface area contributed by atoms with E-state index in [0.717, 1.165) is 41.4 Å². The number of benzene rings is 2. The van der Waals surface area contributed by atoms with Gasteiger partial charge in [0.25, 0.3) is 0 Å². The number of carbonyl (C=O) groups excluding carboxylic acids is 1. The van der Waals surface area contributed by atoms with E-state index in [2.05, 4.69) is 6.92 Å². The maximum Gasteiger partial charge on any atom is 0.150 e. The second-order valence-corrected chi connectivity index (χ2v) is 5.59. The molecule has 1 heterocycles. The lowest BCUT2D eigenvalue weighted by atomic mass is 10.1. The fourth-order valence-electron chi connectivity index (χ4n) is 2.56. The van der Waals surface area contributed by atoms with Crippen LogP contribution in [0.2, 0.25) is 0 Å². The lowest BCUT2D eigenvalue weighted by Crippen LogP contribution is -1.95. The van der Waals surface area contributed by atoms with Crippen LogP contribution in [-0.2, 0) is 0 Å². The second kappa shape index (κ2) is 7.21. The first-order chi connectivity index (χ1) is 11.7. The lowest BCUT2D eigenvalue weighted by Gasteiger charge is -2.06. The SMILES string of the molecule is CCCCOc1ccc2oc(-c3ccc(C=O)cc3OC)cc2c1. The molecule has 0 aliphatic heterocycles. The molecule has 4 nitrogen and oxygen atoms in total. The van der Waals surface area contributed by atoms with Crippen LogP contribution in [0.15, 0.2) is 46.9 Å². The number of fused-ring (bicyclic) bond motifs is 1. The van der Waals surface area contributed by atoms with Crippen LogP contribution in [-0.4, -0.2) is 20.0 Å². The Hall–Kier alpha value is -2.75. The molecule has 0 saturated carbocycles. The Morgan fingerprint density at radius 2 is 2.00 bits per heavy atom. The first kappa shape index (κ1) is 16.1. The van der Waals surface area contributed by atoms with Crippen LogP contribution in [0, 0.1) is 0 Å². The van der Waals surface area contributed by atoms with Crippen molar-refractivity contribution in [2.45, 2.75) is 19.8 Å². The fourth-order valence-corrected chi connectivity index (χ4v) is 2.56. The highest BCUT2D eigenvalue weighted by Crippen LogP contribution is 2.35. The summed E-state index contributed by atoms with van der Waals surface area (Å²) in [6, 6.07) is 13.0. The van der Waals surface area contributed by atoms with Gasteiger partial charge in [0, 0.05) is 10.9 Å². The Morgan fingerprint density at radius 3 is 2.75 bits per heavy atom. The quantitative estimate of drug-likeness (QED) is 0.448. The molecule has 2 aromatic carbocycles. The molecule has 0 fully saturated rings. The molecule has 0 spiro atoms. The van der Waals surface area contributed by atoms with Gasteiger partial charge in [0.15, 0.2) is 0 Å². The zero-order valence-corrected chi connectivity index (χ0v) is 13.9. The molecule has 0 aliphatic rings. The summed E-state index contributed by atoms with van der Waals surface area (Å²) in [5.74, 6) is 2.15. The Balaban J connectivity index is 1.94. The van der Waals surface area contributed by atoms with E-state index in [-0.39, 0.29) is 0 Å². The average molecular weight is 324 g/mol. The van der Waals surface area contributed by atoms with Crippen molar-refractivity contribution in [1.82, 2.24) is 0 Å². The topological polar surface area (TPSA) is 48.7 Å². The number of unbranched alkanes of at least 4 members (excludes halogenated alkanes) is 1. The average Bonchev–Trinajstić information content (AvgIpc) is 3.04. The molecule has 0 atom stereocenters. The standard InChI is InChI=1S/C20H20O4/c1-3-4-9-23-16-6-8-18-15(11-16)12-20(24-18)17-7-5-14(13-21)10-19(17)22-2/h5-8,10-13H,3-4,9H2,1-2H3. The minimum absolute atomic E-state index is 0.568. The van der Waals surface area contributed by atoms with Crippen molar-refractivity contribution in [3.8, 4) is 22.8 Å². The van der Waals surface area contributed by atoms with Crippen LogP contribution >= 0.6 is 0 Å². The molecule has 0 aliphatic carbocycles. The molecular formula is C20H20O4. The van der Waals surface area contributed by atoms with Gasteiger partial charge >= 0.3 is 0 Å². The Kier molecular flexibility index (Phi) is 4.85. The number of methoxy groups -OCH3 is 1. The number of rotatable bonds is 7. The molecule has 0 saturated heterocycles. The smallest absolute Gasteiger partial charge is 0.150 e. The normalized spacial score (nSPS) is 10.8. The summed E-state index contributed by atoms with van der Waals surface area (Å²) in [7, 11) is 1.58. The van der Waals surface area contributed by atoms with Crippen LogP contribution in [0.25, 0.3) is 22.3 Å². The molecule has 124 valence electrons. The summed E-state index contributed by atoms with van der Waals surface area (Å²) in [6.07, 6.45) is 2.94. The molecule has 1 aromatic heterocycles. The monoisotopic (exact) mass is 324 g/mol. The van der Waals surface area contributed by atoms with E-state index in [1.807, 2.05) is 30.3 Å². The summed E-state index contributed by atoms with van der Waals surface area (Å²) in [5.41, 5.74) is 2.17. The van der Waals surface area contributed by atoms with E-state index in [4.69, 9.17) is 13.9 Å². The number of aldehydes is 1. The first-order valence-corrected chi connectivity index (χ1v) is 8.05. The van der Waals surface area contributed by atoms with E-state index in [1.165, 1.54) is 0 Å². The van der Waals surface area contributed by atoms with E-state index in [9.17, 15) is 4.79 Å². The highest BCUT2D eigenvalue weighted by Gasteiger charge is 2.12. The van der Waals surface area contributed by atoms with Gasteiger partial charge in [-0.25, -0.2) is 0 Å². The highest BCUT2D eigenvalue weighted by molar-refractivity contribution is 5.86. The van der Waals surface area contributed by atoms with E-state index < -0.39 is 0 Å². The van der Waals surface area contributed by atoms with Gasteiger partial charge in [-0.2, -0.15) is 0 Å². The van der Waals surface area contributed by atoms with Crippen molar-refractivity contribution < 1.29 is 18.7 Å². The van der Waals surface area contributed by atoms with Crippen molar-refractivity contribution in [3.63, 3.8) is 0 Å². The van der Waals surface area contributed by atoms with Gasteiger partial charge in [0.1, 0.15) is 29.1 Å². The summed E-state index contributed by atoms with van der Waals surface area (Å²) in [5, 5.41) is 0.973. The van der Waals surface area contributed by atoms with Crippen molar-refractivity contribution in [3.05, 3.63) is 48.0 Å². The third-order valence-electron chi connectivity index (χ3n) is 3.88. The number of furan rings is 1. The molecule has 0 bridgehead atoms. The predicted molar refractivity (Wildman–Crippen MR) is 94.0 cm³/mol. The largest absolute Gasteiger partial charge is 0.496 e. The summed E-state index contributed by atoms with van der Waals surface area (Å²) in [4.78, 5) is 10.9. The van der Waals surface area contributed by atoms with Crippen LogP contribution in [0.1, 0.15) is 30.1 Å². The minimum Gasteiger partial charge on any atom is -0.496 e. The fraction of sp³-hybridized carbons (Fsp3) is 0.250. The van der Waals surface area contributed by atoms with Gasteiger partial charge in [-0.1, -0.05) is 19.4 Å². The third-order valence-corrected chi connectivity index (χ3v) is 3.88. The maximum absolute atomic E-state index is 10.9. The molecule has 4 heteroatoms. The van der Waals surface area contributed by atoms with Crippen LogP contribution < -0.4 is 9.47 Å².